The number of phenolic OH excluding ortho intramolecular Hbond substituents is 2. The maximum absolute atomic E-state index is 14.2. The van der Waals surface area contributed by atoms with Gasteiger partial charge in [-0.2, -0.15) is 8.42 Å². The van der Waals surface area contributed by atoms with Crippen molar-refractivity contribution in [1.29, 1.82) is 0 Å². The highest BCUT2D eigenvalue weighted by atomic mass is 32.3. The molecule has 19 unspecified atom stereocenters. The van der Waals surface area contributed by atoms with Crippen LogP contribution in [0.2, 0.25) is 0 Å². The second kappa shape index (κ2) is 35.8. The number of ether oxygens (including phenoxy) is 7. The molecule has 0 aromatic heterocycles. The number of carbonyl (C=O) groups is 4. The Kier molecular flexibility index (Phi) is 32.7. The number of likely N-dealkylation sites (N-methyl/N-ethyl adjacent to an activating group) is 1. The summed E-state index contributed by atoms with van der Waals surface area (Å²) >= 11 is 0. The largest absolute Gasteiger partial charge is 0.504 e. The lowest BCUT2D eigenvalue weighted by Crippen LogP contribution is -2.61. The number of aliphatic carboxylic acids is 1. The summed E-state index contributed by atoms with van der Waals surface area (Å²) in [5, 5.41) is 73.6. The predicted octanol–water partition coefficient (Wildman–Crippen LogP) is 6.92. The Bertz CT molecular complexity index is 2370. The zero-order valence-electron chi connectivity index (χ0n) is 54.6. The zero-order chi connectivity index (χ0) is 66.6. The highest BCUT2D eigenvalue weighted by Crippen LogP contribution is 2.41. The van der Waals surface area contributed by atoms with E-state index in [1.807, 2.05) is 25.9 Å². The lowest BCUT2D eigenvalue weighted by Gasteiger charge is -2.49. The van der Waals surface area contributed by atoms with Crippen LogP contribution in [0.1, 0.15) is 192 Å². The van der Waals surface area contributed by atoms with Crippen LogP contribution in [0.3, 0.4) is 0 Å². The Hall–Kier alpha value is -3.67. The van der Waals surface area contributed by atoms with Crippen LogP contribution in [0.5, 0.6) is 11.5 Å². The average Bonchev–Trinajstić information content (AvgIpc) is 1.35. The standard InChI is InChI=1S/C40H71NO14.C12H26O4S.C10H13NO4/c1-15-27-40(11,48)33(44)22(5)30(43)20(3)18-38(9,47)35(55-37-32(53-28(42)16-2)26(41(12)13)17-21(4)50-37)23(6)31(24(7)36(46)52-27)54-29-19-39(10,49-14)34(45)25(8)51-29;1-2-3-4-5-6-7-8-9-10-11-12-16-17(13,14)15;1-10(11,9(14)15)5-6-2-3-7(12)8(13)4-6/h20-27,29,31-35,37,44-45,47-48H,15-19H2,1-14H3;2-12H2,1H3,(H,13,14,15);2-4,12-13H,5,11H2,1H3,(H,14,15). The first kappa shape index (κ1) is 79.4. The number of cyclic esters (lactones) is 1. The Labute approximate surface area is 517 Å². The van der Waals surface area contributed by atoms with Gasteiger partial charge in [0.05, 0.1) is 60.3 Å². The van der Waals surface area contributed by atoms with Crippen molar-refractivity contribution in [1.82, 2.24) is 4.90 Å². The molecule has 506 valence electrons. The lowest BCUT2D eigenvalue weighted by molar-refractivity contribution is -0.319. The number of Topliss-reactive ketones (excluding diaryl/α,β-unsaturated/α-hetero) is 1. The third kappa shape index (κ3) is 24.5. The number of aromatic hydroxyl groups is 2. The van der Waals surface area contributed by atoms with Crippen molar-refractivity contribution in [2.75, 3.05) is 27.8 Å². The molecule has 10 N–H and O–H groups in total. The molecule has 0 radical (unpaired) electrons. The van der Waals surface area contributed by atoms with E-state index in [0.717, 1.165) is 12.8 Å². The molecular weight excluding hydrogens is 1160 g/mol. The molecule has 0 bridgehead atoms. The highest BCUT2D eigenvalue weighted by Gasteiger charge is 2.54. The number of ketones is 1. The Morgan fingerprint density at radius 3 is 1.90 bits per heavy atom. The van der Waals surface area contributed by atoms with E-state index in [-0.39, 0.29) is 62.4 Å². The molecule has 0 saturated carbocycles. The molecule has 0 aliphatic carbocycles. The number of hydrogen-bond donors (Lipinski definition) is 9. The van der Waals surface area contributed by atoms with Crippen molar-refractivity contribution in [3.05, 3.63) is 23.8 Å². The van der Waals surface area contributed by atoms with Gasteiger partial charge in [0, 0.05) is 44.1 Å². The van der Waals surface area contributed by atoms with Crippen molar-refractivity contribution in [3.63, 3.8) is 0 Å². The maximum Gasteiger partial charge on any atom is 0.397 e. The van der Waals surface area contributed by atoms with Gasteiger partial charge in [0.15, 0.2) is 30.2 Å². The first-order valence-corrected chi connectivity index (χ1v) is 32.3. The second-order valence-corrected chi connectivity index (χ2v) is 26.5. The summed E-state index contributed by atoms with van der Waals surface area (Å²) in [5.74, 6) is -7.23. The summed E-state index contributed by atoms with van der Waals surface area (Å²) in [6.07, 6.45) is 2.25. The van der Waals surface area contributed by atoms with Gasteiger partial charge in [0.25, 0.3) is 0 Å². The van der Waals surface area contributed by atoms with Gasteiger partial charge in [-0.25, -0.2) is 4.18 Å². The molecule has 1 aromatic carbocycles. The van der Waals surface area contributed by atoms with Crippen molar-refractivity contribution in [3.8, 4) is 11.5 Å². The van der Waals surface area contributed by atoms with Gasteiger partial charge in [-0.05, 0) is 106 Å². The van der Waals surface area contributed by atoms with E-state index in [1.165, 1.54) is 97.9 Å². The molecule has 19 atom stereocenters. The van der Waals surface area contributed by atoms with E-state index in [0.29, 0.717) is 18.4 Å². The summed E-state index contributed by atoms with van der Waals surface area (Å²) in [6.45, 7) is 21.7. The van der Waals surface area contributed by atoms with E-state index in [9.17, 15) is 53.1 Å². The fourth-order valence-electron chi connectivity index (χ4n) is 11.7. The Morgan fingerprint density at radius 1 is 0.816 bits per heavy atom. The van der Waals surface area contributed by atoms with Crippen LogP contribution < -0.4 is 5.73 Å². The molecule has 3 aliphatic rings. The molecule has 0 amide bonds. The number of carboxylic acids is 1. The van der Waals surface area contributed by atoms with Crippen LogP contribution in [0.25, 0.3) is 0 Å². The maximum atomic E-state index is 14.2. The quantitative estimate of drug-likeness (QED) is 0.0219. The van der Waals surface area contributed by atoms with E-state index >= 15 is 0 Å². The number of carbonyl (C=O) groups excluding carboxylic acids is 3. The van der Waals surface area contributed by atoms with Gasteiger partial charge < -0.3 is 79.5 Å². The lowest BCUT2D eigenvalue weighted by atomic mass is 9.74. The predicted molar refractivity (Wildman–Crippen MR) is 323 cm³/mol. The summed E-state index contributed by atoms with van der Waals surface area (Å²) in [4.78, 5) is 53.6. The number of aliphatic hydroxyl groups excluding tert-OH is 2. The first-order chi connectivity index (χ1) is 40.2. The van der Waals surface area contributed by atoms with Gasteiger partial charge in [0.1, 0.15) is 29.1 Å². The fraction of sp³-hybridized carbons (Fsp3) is 0.839. The molecular formula is C62H110N2O22S. The molecule has 24 nitrogen and oxygen atoms in total. The third-order valence-corrected chi connectivity index (χ3v) is 17.6. The molecule has 87 heavy (non-hydrogen) atoms. The van der Waals surface area contributed by atoms with E-state index in [2.05, 4.69) is 11.1 Å². The second-order valence-electron chi connectivity index (χ2n) is 25.4. The number of benzene rings is 1. The summed E-state index contributed by atoms with van der Waals surface area (Å²) in [6, 6.07) is 3.79. The number of rotatable bonds is 24. The average molecular weight is 1270 g/mol. The van der Waals surface area contributed by atoms with Crippen molar-refractivity contribution < 1.29 is 105 Å². The number of esters is 2. The third-order valence-electron chi connectivity index (χ3n) is 17.2. The van der Waals surface area contributed by atoms with Crippen LogP contribution in [0.4, 0.5) is 0 Å². The van der Waals surface area contributed by atoms with Gasteiger partial charge >= 0.3 is 28.3 Å². The summed E-state index contributed by atoms with van der Waals surface area (Å²) < 4.78 is 76.6. The van der Waals surface area contributed by atoms with E-state index in [1.54, 1.807) is 48.5 Å². The molecule has 1 aromatic rings. The van der Waals surface area contributed by atoms with Gasteiger partial charge in [-0.1, -0.05) is 105 Å². The molecule has 3 fully saturated rings. The smallest absolute Gasteiger partial charge is 0.397 e. The molecule has 3 saturated heterocycles. The molecule has 4 rings (SSSR count). The number of phenols is 2. The number of aliphatic hydroxyl groups is 4. The minimum atomic E-state index is -4.23. The minimum Gasteiger partial charge on any atom is -0.504 e. The van der Waals surface area contributed by atoms with Crippen molar-refractivity contribution >= 4 is 34.1 Å². The number of nitrogens with zero attached hydrogens (tertiary/aromatic N) is 1. The number of methoxy groups -OCH3 is 1. The molecule has 3 heterocycles. The number of carboxylic acid groups (broad SMARTS) is 1. The number of nitrogens with two attached hydrogens (primary N) is 1. The van der Waals surface area contributed by atoms with Crippen LogP contribution in [0, 0.1) is 23.7 Å². The molecule has 25 heteroatoms. The summed E-state index contributed by atoms with van der Waals surface area (Å²) in [7, 11) is 0.973. The van der Waals surface area contributed by atoms with Crippen molar-refractivity contribution in [2.24, 2.45) is 29.4 Å². The Morgan fingerprint density at radius 2 is 1.39 bits per heavy atom. The zero-order valence-corrected chi connectivity index (χ0v) is 55.5. The molecule has 0 spiro atoms. The van der Waals surface area contributed by atoms with Crippen LogP contribution in [-0.4, -0.2) is 195 Å². The highest BCUT2D eigenvalue weighted by molar-refractivity contribution is 7.80. The molecule has 3 aliphatic heterocycles. The summed E-state index contributed by atoms with van der Waals surface area (Å²) in [5.41, 5.74) is -0.218. The van der Waals surface area contributed by atoms with Crippen LogP contribution in [0.15, 0.2) is 18.2 Å². The first-order valence-electron chi connectivity index (χ1n) is 31.0. The SMILES string of the molecule is CC(N)(Cc1ccc(O)c(O)c1)C(=O)O.CCC(=O)OC1C(OC2C(C)C(OC3CC(C)(OC)C(O)C(C)O3)C(C)C(=O)OC(CC)C(C)(O)C(O)C(C)C(=O)C(C)CC2(C)O)OC(C)CC1N(C)C.CCCCCCCCCCCCOS(=O)(=O)O. The van der Waals surface area contributed by atoms with Gasteiger partial charge in [-0.15, -0.1) is 0 Å². The van der Waals surface area contributed by atoms with Gasteiger partial charge in [-0.3, -0.25) is 23.7 Å². The monoisotopic (exact) mass is 1270 g/mol. The fourth-order valence-corrected chi connectivity index (χ4v) is 12.0. The minimum absolute atomic E-state index is 0.0760. The van der Waals surface area contributed by atoms with Crippen LogP contribution >= 0.6 is 0 Å². The van der Waals surface area contributed by atoms with Gasteiger partial charge in [0.2, 0.25) is 0 Å². The van der Waals surface area contributed by atoms with Crippen LogP contribution in [-0.2, 0) is 73.3 Å². The van der Waals surface area contributed by atoms with Crippen molar-refractivity contribution in [2.45, 2.75) is 283 Å². The topological polar surface area (TPSA) is 367 Å². The Balaban J connectivity index is 0.000000651. The van der Waals surface area contributed by atoms with E-state index < -0.39 is 135 Å². The normalized spacial score (nSPS) is 34.4. The number of hydrogen-bond acceptors (Lipinski definition) is 22. The van der Waals surface area contributed by atoms with E-state index in [4.69, 9.17) is 53.7 Å². The number of unbranched alkanes of at least 4 members (excludes halogenated alkanes) is 9.